The van der Waals surface area contributed by atoms with Gasteiger partial charge in [-0.05, 0) is 19.9 Å². The summed E-state index contributed by atoms with van der Waals surface area (Å²) >= 11 is 0. The fourth-order valence-corrected chi connectivity index (χ4v) is 1.03. The Kier molecular flexibility index (Phi) is 2.26. The highest BCUT2D eigenvalue weighted by Gasteiger charge is 2.09. The Bertz CT molecular complexity index is 243. The number of aromatic nitrogens is 2. The lowest BCUT2D eigenvalue weighted by atomic mass is 10.3. The Morgan fingerprint density at radius 1 is 1.64 bits per heavy atom. The molecule has 0 saturated carbocycles. The molecular formula is C7H12N2O2. The zero-order valence-electron chi connectivity index (χ0n) is 6.65. The van der Waals surface area contributed by atoms with Gasteiger partial charge in [0.1, 0.15) is 0 Å². The van der Waals surface area contributed by atoms with Gasteiger partial charge in [0.05, 0.1) is 11.4 Å². The summed E-state index contributed by atoms with van der Waals surface area (Å²) in [6.07, 6.45) is -1.42. The first-order valence-electron chi connectivity index (χ1n) is 3.55. The molecule has 0 aliphatic carbocycles. The molecule has 0 aliphatic heterocycles. The second-order valence-electron chi connectivity index (χ2n) is 2.40. The lowest BCUT2D eigenvalue weighted by Crippen LogP contribution is -2.06. The van der Waals surface area contributed by atoms with Crippen molar-refractivity contribution in [3.8, 4) is 0 Å². The van der Waals surface area contributed by atoms with E-state index in [4.69, 9.17) is 10.2 Å². The molecule has 2 N–H and O–H groups in total. The van der Waals surface area contributed by atoms with Gasteiger partial charge in [0, 0.05) is 6.54 Å². The molecule has 1 aromatic rings. The average molecular weight is 156 g/mol. The van der Waals surface area contributed by atoms with Crippen molar-refractivity contribution >= 4 is 0 Å². The number of hydrogen-bond acceptors (Lipinski definition) is 3. The summed E-state index contributed by atoms with van der Waals surface area (Å²) in [6.45, 7) is 4.37. The second-order valence-corrected chi connectivity index (χ2v) is 2.40. The SMILES string of the molecule is CCn1nc(C)cc1C(O)O. The van der Waals surface area contributed by atoms with Gasteiger partial charge in [-0.2, -0.15) is 5.10 Å². The predicted octanol–water partition coefficient (Wildman–Crippen LogP) is 0.195. The first kappa shape index (κ1) is 8.23. The van der Waals surface area contributed by atoms with Crippen molar-refractivity contribution in [1.82, 2.24) is 9.78 Å². The summed E-state index contributed by atoms with van der Waals surface area (Å²) in [6, 6.07) is 1.66. The smallest absolute Gasteiger partial charge is 0.195 e. The topological polar surface area (TPSA) is 58.3 Å². The van der Waals surface area contributed by atoms with Crippen molar-refractivity contribution in [3.63, 3.8) is 0 Å². The van der Waals surface area contributed by atoms with Crippen LogP contribution in [0.5, 0.6) is 0 Å². The van der Waals surface area contributed by atoms with Crippen LogP contribution >= 0.6 is 0 Å². The number of rotatable bonds is 2. The number of nitrogens with zero attached hydrogens (tertiary/aromatic N) is 2. The zero-order chi connectivity index (χ0) is 8.43. The summed E-state index contributed by atoms with van der Waals surface area (Å²) in [4.78, 5) is 0. The van der Waals surface area contributed by atoms with E-state index in [0.717, 1.165) is 5.69 Å². The Morgan fingerprint density at radius 2 is 2.27 bits per heavy atom. The van der Waals surface area contributed by atoms with E-state index in [9.17, 15) is 0 Å². The van der Waals surface area contributed by atoms with Gasteiger partial charge in [0.2, 0.25) is 0 Å². The van der Waals surface area contributed by atoms with E-state index in [0.29, 0.717) is 12.2 Å². The first-order chi connectivity index (χ1) is 5.15. The predicted molar refractivity (Wildman–Crippen MR) is 39.8 cm³/mol. The van der Waals surface area contributed by atoms with Gasteiger partial charge in [-0.1, -0.05) is 0 Å². The standard InChI is InChI=1S/C7H12N2O2/c1-3-9-6(7(10)11)4-5(2)8-9/h4,7,10-11H,3H2,1-2H3. The summed E-state index contributed by atoms with van der Waals surface area (Å²) in [5.41, 5.74) is 1.25. The largest absolute Gasteiger partial charge is 0.363 e. The molecule has 11 heavy (non-hydrogen) atoms. The highest BCUT2D eigenvalue weighted by Crippen LogP contribution is 2.10. The molecule has 0 aliphatic rings. The number of hydrogen-bond donors (Lipinski definition) is 2. The van der Waals surface area contributed by atoms with Crippen LogP contribution in [0.15, 0.2) is 6.07 Å². The van der Waals surface area contributed by atoms with Gasteiger partial charge < -0.3 is 10.2 Å². The van der Waals surface area contributed by atoms with Gasteiger partial charge in [0.15, 0.2) is 6.29 Å². The van der Waals surface area contributed by atoms with Crippen molar-refractivity contribution < 1.29 is 10.2 Å². The van der Waals surface area contributed by atoms with Crippen LogP contribution in [-0.4, -0.2) is 20.0 Å². The Labute approximate surface area is 65.1 Å². The minimum Gasteiger partial charge on any atom is -0.363 e. The minimum absolute atomic E-state index is 0.449. The molecule has 0 fully saturated rings. The van der Waals surface area contributed by atoms with Crippen LogP contribution < -0.4 is 0 Å². The van der Waals surface area contributed by atoms with Crippen molar-refractivity contribution in [2.24, 2.45) is 0 Å². The second kappa shape index (κ2) is 3.02. The number of aryl methyl sites for hydroxylation is 2. The fourth-order valence-electron chi connectivity index (χ4n) is 1.03. The summed E-state index contributed by atoms with van der Waals surface area (Å²) in [7, 11) is 0. The molecule has 0 saturated heterocycles. The third kappa shape index (κ3) is 1.58. The van der Waals surface area contributed by atoms with E-state index in [-0.39, 0.29) is 0 Å². The van der Waals surface area contributed by atoms with E-state index in [1.165, 1.54) is 0 Å². The quantitative estimate of drug-likeness (QED) is 0.601. The molecule has 0 unspecified atom stereocenters. The van der Waals surface area contributed by atoms with Crippen molar-refractivity contribution in [2.75, 3.05) is 0 Å². The van der Waals surface area contributed by atoms with E-state index in [1.807, 2.05) is 13.8 Å². The van der Waals surface area contributed by atoms with Crippen molar-refractivity contribution in [1.29, 1.82) is 0 Å². The molecule has 1 heterocycles. The van der Waals surface area contributed by atoms with Crippen LogP contribution in [-0.2, 0) is 6.54 Å². The first-order valence-corrected chi connectivity index (χ1v) is 3.55. The van der Waals surface area contributed by atoms with Crippen LogP contribution in [0, 0.1) is 6.92 Å². The number of aliphatic hydroxyl groups is 2. The fraction of sp³-hybridized carbons (Fsp3) is 0.571. The molecule has 1 rings (SSSR count). The highest BCUT2D eigenvalue weighted by atomic mass is 16.5. The molecular weight excluding hydrogens is 144 g/mol. The van der Waals surface area contributed by atoms with Gasteiger partial charge in [-0.15, -0.1) is 0 Å². The molecule has 0 bridgehead atoms. The third-order valence-electron chi connectivity index (χ3n) is 1.50. The molecule has 1 aromatic heterocycles. The van der Waals surface area contributed by atoms with Gasteiger partial charge in [0.25, 0.3) is 0 Å². The van der Waals surface area contributed by atoms with Gasteiger partial charge in [-0.3, -0.25) is 4.68 Å². The molecule has 4 heteroatoms. The van der Waals surface area contributed by atoms with Crippen molar-refractivity contribution in [3.05, 3.63) is 17.5 Å². The molecule has 0 radical (unpaired) electrons. The van der Waals surface area contributed by atoms with E-state index < -0.39 is 6.29 Å². The molecule has 0 atom stereocenters. The van der Waals surface area contributed by atoms with Crippen LogP contribution in [0.25, 0.3) is 0 Å². The molecule has 0 spiro atoms. The zero-order valence-corrected chi connectivity index (χ0v) is 6.65. The van der Waals surface area contributed by atoms with E-state index in [2.05, 4.69) is 5.10 Å². The lowest BCUT2D eigenvalue weighted by molar-refractivity contribution is -0.0489. The maximum atomic E-state index is 8.84. The minimum atomic E-state index is -1.42. The molecule has 62 valence electrons. The van der Waals surface area contributed by atoms with Gasteiger partial charge >= 0.3 is 0 Å². The maximum absolute atomic E-state index is 8.84. The van der Waals surface area contributed by atoms with E-state index >= 15 is 0 Å². The monoisotopic (exact) mass is 156 g/mol. The molecule has 0 amide bonds. The van der Waals surface area contributed by atoms with Crippen LogP contribution in [0.1, 0.15) is 24.6 Å². The van der Waals surface area contributed by atoms with Gasteiger partial charge in [-0.25, -0.2) is 0 Å². The third-order valence-corrected chi connectivity index (χ3v) is 1.50. The molecule has 0 aromatic carbocycles. The average Bonchev–Trinajstić information content (AvgIpc) is 2.30. The maximum Gasteiger partial charge on any atom is 0.195 e. The lowest BCUT2D eigenvalue weighted by Gasteiger charge is -2.04. The van der Waals surface area contributed by atoms with Crippen LogP contribution in [0.3, 0.4) is 0 Å². The highest BCUT2D eigenvalue weighted by molar-refractivity contribution is 5.09. The molecule has 4 nitrogen and oxygen atoms in total. The normalized spacial score (nSPS) is 11.0. The van der Waals surface area contributed by atoms with Crippen LogP contribution in [0.4, 0.5) is 0 Å². The summed E-state index contributed by atoms with van der Waals surface area (Å²) < 4.78 is 1.57. The van der Waals surface area contributed by atoms with Crippen LogP contribution in [0.2, 0.25) is 0 Å². The Balaban J connectivity index is 3.02. The Hall–Kier alpha value is -0.870. The van der Waals surface area contributed by atoms with Crippen molar-refractivity contribution in [2.45, 2.75) is 26.7 Å². The number of aliphatic hydroxyl groups excluding tert-OH is 1. The summed E-state index contributed by atoms with van der Waals surface area (Å²) in [5, 5.41) is 21.7. The Morgan fingerprint density at radius 3 is 2.64 bits per heavy atom. The summed E-state index contributed by atoms with van der Waals surface area (Å²) in [5.74, 6) is 0. The van der Waals surface area contributed by atoms with E-state index in [1.54, 1.807) is 10.7 Å².